The molecule has 0 aromatic heterocycles. The average Bonchev–Trinajstić information content (AvgIpc) is 2.41. The second kappa shape index (κ2) is 1.79. The van der Waals surface area contributed by atoms with E-state index in [-0.39, 0.29) is 17.7 Å². The summed E-state index contributed by atoms with van der Waals surface area (Å²) in [4.78, 5) is 21.6. The zero-order chi connectivity index (χ0) is 7.14. The summed E-state index contributed by atoms with van der Waals surface area (Å²) in [6.07, 6.45) is 0. The van der Waals surface area contributed by atoms with Gasteiger partial charge in [0.25, 0.3) is 5.91 Å². The van der Waals surface area contributed by atoms with Crippen LogP contribution >= 0.6 is 0 Å². The first-order chi connectivity index (χ1) is 4.79. The standard InChI is InChI=1S/C6H8N2O2/c9-5-3-1-7-2-4(3)8-6(5)10/h3-4,7H,1-2H2,(H,8,10). The van der Waals surface area contributed by atoms with Gasteiger partial charge in [-0.2, -0.15) is 0 Å². The number of carbonyl (C=O) groups is 2. The Balaban J connectivity index is 2.24. The number of hydrogen-bond donors (Lipinski definition) is 2. The lowest BCUT2D eigenvalue weighted by atomic mass is 10.0. The minimum absolute atomic E-state index is 0.0694. The molecule has 0 saturated carbocycles. The molecule has 2 aliphatic heterocycles. The molecule has 2 fully saturated rings. The highest BCUT2D eigenvalue weighted by atomic mass is 16.2. The number of hydrogen-bond acceptors (Lipinski definition) is 3. The lowest BCUT2D eigenvalue weighted by Gasteiger charge is -2.01. The van der Waals surface area contributed by atoms with Gasteiger partial charge in [-0.15, -0.1) is 0 Å². The summed E-state index contributed by atoms with van der Waals surface area (Å²) < 4.78 is 0. The van der Waals surface area contributed by atoms with Gasteiger partial charge in [0.1, 0.15) is 0 Å². The molecule has 1 amide bonds. The predicted molar refractivity (Wildman–Crippen MR) is 33.3 cm³/mol. The highest BCUT2D eigenvalue weighted by Gasteiger charge is 2.43. The van der Waals surface area contributed by atoms with E-state index in [9.17, 15) is 9.59 Å². The summed E-state index contributed by atoms with van der Waals surface area (Å²) in [5.41, 5.74) is 0. The predicted octanol–water partition coefficient (Wildman–Crippen LogP) is -1.73. The molecule has 10 heavy (non-hydrogen) atoms. The molecule has 0 spiro atoms. The Labute approximate surface area is 58.0 Å². The number of amides is 1. The van der Waals surface area contributed by atoms with Gasteiger partial charge in [-0.25, -0.2) is 0 Å². The first kappa shape index (κ1) is 5.85. The molecular formula is C6H8N2O2. The quantitative estimate of drug-likeness (QED) is 0.393. The van der Waals surface area contributed by atoms with Crippen molar-refractivity contribution in [2.45, 2.75) is 6.04 Å². The average molecular weight is 140 g/mol. The first-order valence-corrected chi connectivity index (χ1v) is 3.34. The van der Waals surface area contributed by atoms with Gasteiger partial charge in [0.05, 0.1) is 12.0 Å². The van der Waals surface area contributed by atoms with Crippen LogP contribution in [0.15, 0.2) is 0 Å². The molecular weight excluding hydrogens is 132 g/mol. The minimum atomic E-state index is -0.406. The normalized spacial score (nSPS) is 38.0. The Kier molecular flexibility index (Phi) is 1.05. The van der Waals surface area contributed by atoms with E-state index >= 15 is 0 Å². The minimum Gasteiger partial charge on any atom is -0.345 e. The largest absolute Gasteiger partial charge is 0.345 e. The Morgan fingerprint density at radius 1 is 1.30 bits per heavy atom. The SMILES string of the molecule is O=C1NC2CNCC2C1=O. The van der Waals surface area contributed by atoms with Crippen LogP contribution in [0.25, 0.3) is 0 Å². The molecule has 4 nitrogen and oxygen atoms in total. The van der Waals surface area contributed by atoms with E-state index in [0.717, 1.165) is 6.54 Å². The van der Waals surface area contributed by atoms with Crippen molar-refractivity contribution in [1.82, 2.24) is 10.6 Å². The van der Waals surface area contributed by atoms with Crippen LogP contribution in [-0.4, -0.2) is 30.8 Å². The Hall–Kier alpha value is -0.900. The molecule has 2 rings (SSSR count). The number of fused-ring (bicyclic) bond motifs is 1. The number of nitrogens with one attached hydrogen (secondary N) is 2. The van der Waals surface area contributed by atoms with E-state index in [2.05, 4.69) is 10.6 Å². The van der Waals surface area contributed by atoms with Crippen LogP contribution in [0.5, 0.6) is 0 Å². The van der Waals surface area contributed by atoms with Gasteiger partial charge < -0.3 is 10.6 Å². The van der Waals surface area contributed by atoms with Gasteiger partial charge in [-0.3, -0.25) is 9.59 Å². The van der Waals surface area contributed by atoms with Gasteiger partial charge in [-0.05, 0) is 0 Å². The van der Waals surface area contributed by atoms with Crippen LogP contribution in [0.1, 0.15) is 0 Å². The molecule has 0 aromatic carbocycles. The zero-order valence-corrected chi connectivity index (χ0v) is 5.39. The molecule has 2 atom stereocenters. The molecule has 4 heteroatoms. The maximum atomic E-state index is 10.9. The maximum absolute atomic E-state index is 10.9. The van der Waals surface area contributed by atoms with Crippen molar-refractivity contribution in [2.75, 3.05) is 13.1 Å². The van der Waals surface area contributed by atoms with Crippen molar-refractivity contribution in [2.24, 2.45) is 5.92 Å². The second-order valence-corrected chi connectivity index (χ2v) is 2.71. The van der Waals surface area contributed by atoms with E-state index in [1.165, 1.54) is 0 Å². The van der Waals surface area contributed by atoms with Crippen molar-refractivity contribution in [3.8, 4) is 0 Å². The van der Waals surface area contributed by atoms with E-state index < -0.39 is 5.91 Å². The van der Waals surface area contributed by atoms with E-state index in [4.69, 9.17) is 0 Å². The van der Waals surface area contributed by atoms with Crippen molar-refractivity contribution in [1.29, 1.82) is 0 Å². The summed E-state index contributed by atoms with van der Waals surface area (Å²) in [5.74, 6) is -0.751. The lowest BCUT2D eigenvalue weighted by molar-refractivity contribution is -0.136. The Bertz CT molecular complexity index is 202. The van der Waals surface area contributed by atoms with E-state index in [0.29, 0.717) is 6.54 Å². The zero-order valence-electron chi connectivity index (χ0n) is 5.39. The van der Waals surface area contributed by atoms with Gasteiger partial charge in [0.2, 0.25) is 5.78 Å². The van der Waals surface area contributed by atoms with Gasteiger partial charge >= 0.3 is 0 Å². The number of rotatable bonds is 0. The van der Waals surface area contributed by atoms with Crippen molar-refractivity contribution >= 4 is 11.7 Å². The molecule has 0 bridgehead atoms. The van der Waals surface area contributed by atoms with Crippen LogP contribution < -0.4 is 10.6 Å². The molecule has 2 N–H and O–H groups in total. The van der Waals surface area contributed by atoms with Crippen LogP contribution in [-0.2, 0) is 9.59 Å². The molecule has 0 radical (unpaired) electrons. The number of carbonyl (C=O) groups excluding carboxylic acids is 2. The topological polar surface area (TPSA) is 58.2 Å². The molecule has 0 aliphatic carbocycles. The fraction of sp³-hybridized carbons (Fsp3) is 0.667. The highest BCUT2D eigenvalue weighted by molar-refractivity contribution is 6.39. The van der Waals surface area contributed by atoms with Gasteiger partial charge in [0.15, 0.2) is 0 Å². The molecule has 2 saturated heterocycles. The maximum Gasteiger partial charge on any atom is 0.288 e. The van der Waals surface area contributed by atoms with Crippen LogP contribution in [0, 0.1) is 5.92 Å². The third kappa shape index (κ3) is 0.593. The molecule has 54 valence electrons. The fourth-order valence-corrected chi connectivity index (χ4v) is 1.51. The van der Waals surface area contributed by atoms with Crippen LogP contribution in [0.3, 0.4) is 0 Å². The Morgan fingerprint density at radius 3 is 2.80 bits per heavy atom. The molecule has 0 aromatic rings. The number of ketones is 1. The van der Waals surface area contributed by atoms with E-state index in [1.54, 1.807) is 0 Å². The van der Waals surface area contributed by atoms with Crippen molar-refractivity contribution < 1.29 is 9.59 Å². The summed E-state index contributed by atoms with van der Waals surface area (Å²) in [5, 5.41) is 5.65. The summed E-state index contributed by atoms with van der Waals surface area (Å²) in [6.45, 7) is 1.39. The molecule has 2 aliphatic rings. The monoisotopic (exact) mass is 140 g/mol. The Morgan fingerprint density at radius 2 is 2.10 bits per heavy atom. The summed E-state index contributed by atoms with van der Waals surface area (Å²) >= 11 is 0. The fourth-order valence-electron chi connectivity index (χ4n) is 1.51. The third-order valence-electron chi connectivity index (χ3n) is 2.09. The van der Waals surface area contributed by atoms with Crippen molar-refractivity contribution in [3.05, 3.63) is 0 Å². The highest BCUT2D eigenvalue weighted by Crippen LogP contribution is 2.15. The van der Waals surface area contributed by atoms with Gasteiger partial charge in [0, 0.05) is 13.1 Å². The second-order valence-electron chi connectivity index (χ2n) is 2.71. The lowest BCUT2D eigenvalue weighted by Crippen LogP contribution is -2.31. The molecule has 2 heterocycles. The number of Topliss-reactive ketones (excluding diaryl/α,β-unsaturated/α-hetero) is 1. The van der Waals surface area contributed by atoms with Crippen LogP contribution in [0.4, 0.5) is 0 Å². The first-order valence-electron chi connectivity index (χ1n) is 3.34. The third-order valence-corrected chi connectivity index (χ3v) is 2.09. The van der Waals surface area contributed by atoms with Crippen molar-refractivity contribution in [3.63, 3.8) is 0 Å². The smallest absolute Gasteiger partial charge is 0.288 e. The van der Waals surface area contributed by atoms with Crippen LogP contribution in [0.2, 0.25) is 0 Å². The van der Waals surface area contributed by atoms with Gasteiger partial charge in [-0.1, -0.05) is 0 Å². The summed E-state index contributed by atoms with van der Waals surface area (Å²) in [6, 6.07) is 0.0694. The molecule has 2 unspecified atom stereocenters. The summed E-state index contributed by atoms with van der Waals surface area (Å²) in [7, 11) is 0. The van der Waals surface area contributed by atoms with E-state index in [1.807, 2.05) is 0 Å².